The molecule has 0 radical (unpaired) electrons. The number of ketones is 1. The number of hydrogen-bond donors (Lipinski definition) is 0. The Labute approximate surface area is 158 Å². The number of aliphatic imine (C=N–C) groups is 1. The molecule has 0 fully saturated rings. The van der Waals surface area contributed by atoms with Crippen LogP contribution < -0.4 is 4.90 Å². The van der Waals surface area contributed by atoms with Gasteiger partial charge in [0.05, 0.1) is 29.3 Å². The molecule has 0 bridgehead atoms. The van der Waals surface area contributed by atoms with Crippen LogP contribution >= 0.6 is 11.6 Å². The van der Waals surface area contributed by atoms with Crippen molar-refractivity contribution in [3.63, 3.8) is 0 Å². The lowest BCUT2D eigenvalue weighted by molar-refractivity contribution is 0.100. The molecule has 138 valence electrons. The van der Waals surface area contributed by atoms with Gasteiger partial charge in [0.25, 0.3) is 0 Å². The second kappa shape index (κ2) is 8.81. The van der Waals surface area contributed by atoms with Gasteiger partial charge in [0.15, 0.2) is 5.78 Å². The average Bonchev–Trinajstić information content (AvgIpc) is 2.61. The van der Waals surface area contributed by atoms with E-state index in [0.717, 1.165) is 12.1 Å². The summed E-state index contributed by atoms with van der Waals surface area (Å²) in [4.78, 5) is 20.6. The molecule has 2 aromatic rings. The molecule has 0 spiro atoms. The summed E-state index contributed by atoms with van der Waals surface area (Å²) in [6, 6.07) is 9.78. The summed E-state index contributed by atoms with van der Waals surface area (Å²) in [5.74, 6) is -0.542. The molecule has 0 aliphatic heterocycles. The zero-order chi connectivity index (χ0) is 19.3. The number of para-hydroxylation sites is 1. The standard InChI is InChI=1S/C20H23ClFN3O/c1-5-24(3)13-23-18-11-16(21)15(10-14(18)2)20(26)12-25(4)19-9-7-6-8-17(19)22/h6-11,13H,5,12H2,1-4H3/b23-13-. The molecule has 0 aromatic heterocycles. The van der Waals surface area contributed by atoms with Crippen LogP contribution in [-0.4, -0.2) is 44.2 Å². The summed E-state index contributed by atoms with van der Waals surface area (Å²) in [7, 11) is 3.60. The molecular weight excluding hydrogens is 353 g/mol. The second-order valence-corrected chi connectivity index (χ2v) is 6.57. The Morgan fingerprint density at radius 2 is 1.96 bits per heavy atom. The van der Waals surface area contributed by atoms with Gasteiger partial charge >= 0.3 is 0 Å². The molecule has 0 heterocycles. The Morgan fingerprint density at radius 3 is 2.62 bits per heavy atom. The van der Waals surface area contributed by atoms with E-state index >= 15 is 0 Å². The van der Waals surface area contributed by atoms with Crippen LogP contribution in [0.15, 0.2) is 41.4 Å². The van der Waals surface area contributed by atoms with E-state index in [1.54, 1.807) is 48.6 Å². The molecule has 0 N–H and O–H groups in total. The van der Waals surface area contributed by atoms with Crippen LogP contribution in [0.3, 0.4) is 0 Å². The molecule has 0 unspecified atom stereocenters. The number of aryl methyl sites for hydroxylation is 1. The van der Waals surface area contributed by atoms with Crippen LogP contribution in [0.2, 0.25) is 5.02 Å². The molecule has 6 heteroatoms. The summed E-state index contributed by atoms with van der Waals surface area (Å²) in [5, 5.41) is 0.342. The SMILES string of the molecule is CCN(C)/C=N\c1cc(Cl)c(C(=O)CN(C)c2ccccc2F)cc1C. The number of halogens is 2. The van der Waals surface area contributed by atoms with E-state index < -0.39 is 0 Å². The van der Waals surface area contributed by atoms with Crippen molar-refractivity contribution in [2.45, 2.75) is 13.8 Å². The molecule has 0 saturated heterocycles. The van der Waals surface area contributed by atoms with Gasteiger partial charge < -0.3 is 9.80 Å². The van der Waals surface area contributed by atoms with Crippen molar-refractivity contribution in [3.8, 4) is 0 Å². The van der Waals surface area contributed by atoms with Crippen molar-refractivity contribution in [1.82, 2.24) is 4.90 Å². The zero-order valence-corrected chi connectivity index (χ0v) is 16.2. The van der Waals surface area contributed by atoms with Crippen molar-refractivity contribution < 1.29 is 9.18 Å². The Balaban J connectivity index is 2.20. The second-order valence-electron chi connectivity index (χ2n) is 6.17. The minimum Gasteiger partial charge on any atom is -0.366 e. The Kier molecular flexibility index (Phi) is 6.75. The highest BCUT2D eigenvalue weighted by Gasteiger charge is 2.16. The largest absolute Gasteiger partial charge is 0.366 e. The Morgan fingerprint density at radius 1 is 1.27 bits per heavy atom. The van der Waals surface area contributed by atoms with Crippen molar-refractivity contribution >= 4 is 35.1 Å². The van der Waals surface area contributed by atoms with Gasteiger partial charge in [-0.05, 0) is 43.7 Å². The zero-order valence-electron chi connectivity index (χ0n) is 15.5. The third-order valence-electron chi connectivity index (χ3n) is 4.12. The predicted molar refractivity (Wildman–Crippen MR) is 107 cm³/mol. The van der Waals surface area contributed by atoms with E-state index in [2.05, 4.69) is 4.99 Å². The first kappa shape index (κ1) is 19.9. The number of Topliss-reactive ketones (excluding diaryl/α,β-unsaturated/α-hetero) is 1. The average molecular weight is 376 g/mol. The molecular formula is C20H23ClFN3O. The van der Waals surface area contributed by atoms with Crippen LogP contribution in [0.4, 0.5) is 15.8 Å². The molecule has 0 aliphatic carbocycles. The lowest BCUT2D eigenvalue weighted by Crippen LogP contribution is -2.26. The maximum atomic E-state index is 13.9. The van der Waals surface area contributed by atoms with Gasteiger partial charge in [-0.2, -0.15) is 0 Å². The number of carbonyl (C=O) groups is 1. The number of likely N-dealkylation sites (N-methyl/N-ethyl adjacent to an activating group) is 1. The van der Waals surface area contributed by atoms with Gasteiger partial charge in [0.1, 0.15) is 5.82 Å². The van der Waals surface area contributed by atoms with E-state index in [4.69, 9.17) is 11.6 Å². The Hall–Kier alpha value is -2.40. The monoisotopic (exact) mass is 375 g/mol. The van der Waals surface area contributed by atoms with Crippen molar-refractivity contribution in [3.05, 3.63) is 58.4 Å². The lowest BCUT2D eigenvalue weighted by atomic mass is 10.1. The van der Waals surface area contributed by atoms with Crippen LogP contribution in [0.25, 0.3) is 0 Å². The maximum absolute atomic E-state index is 13.9. The molecule has 4 nitrogen and oxygen atoms in total. The van der Waals surface area contributed by atoms with Gasteiger partial charge in [0, 0.05) is 26.2 Å². The van der Waals surface area contributed by atoms with Gasteiger partial charge in [0.2, 0.25) is 0 Å². The number of anilines is 1. The first-order chi connectivity index (χ1) is 12.3. The fourth-order valence-electron chi connectivity index (χ4n) is 2.41. The van der Waals surface area contributed by atoms with Crippen molar-refractivity contribution in [1.29, 1.82) is 0 Å². The molecule has 0 aliphatic rings. The summed E-state index contributed by atoms with van der Waals surface area (Å²) in [6.45, 7) is 4.78. The smallest absolute Gasteiger partial charge is 0.183 e. The maximum Gasteiger partial charge on any atom is 0.183 e. The summed E-state index contributed by atoms with van der Waals surface area (Å²) >= 11 is 6.31. The fourth-order valence-corrected chi connectivity index (χ4v) is 2.68. The number of rotatable bonds is 7. The molecule has 0 amide bonds. The molecule has 2 aromatic carbocycles. The van der Waals surface area contributed by atoms with Crippen molar-refractivity contribution in [2.24, 2.45) is 4.99 Å². The third kappa shape index (κ3) is 4.82. The highest BCUT2D eigenvalue weighted by molar-refractivity contribution is 6.34. The van der Waals surface area contributed by atoms with E-state index in [0.29, 0.717) is 22.0 Å². The first-order valence-electron chi connectivity index (χ1n) is 8.37. The topological polar surface area (TPSA) is 35.9 Å². The molecule has 0 saturated carbocycles. The summed E-state index contributed by atoms with van der Waals surface area (Å²) in [6.07, 6.45) is 1.73. The summed E-state index contributed by atoms with van der Waals surface area (Å²) in [5.41, 5.74) is 2.36. The van der Waals surface area contributed by atoms with Crippen LogP contribution in [0.1, 0.15) is 22.8 Å². The normalized spacial score (nSPS) is 11.0. The van der Waals surface area contributed by atoms with Gasteiger partial charge in [-0.15, -0.1) is 0 Å². The fraction of sp³-hybridized carbons (Fsp3) is 0.300. The van der Waals surface area contributed by atoms with Crippen LogP contribution in [0, 0.1) is 12.7 Å². The van der Waals surface area contributed by atoms with Gasteiger partial charge in [-0.1, -0.05) is 23.7 Å². The third-order valence-corrected chi connectivity index (χ3v) is 4.44. The number of nitrogens with zero attached hydrogens (tertiary/aromatic N) is 3. The molecule has 26 heavy (non-hydrogen) atoms. The first-order valence-corrected chi connectivity index (χ1v) is 8.74. The lowest BCUT2D eigenvalue weighted by Gasteiger charge is -2.19. The quantitative estimate of drug-likeness (QED) is 0.399. The highest BCUT2D eigenvalue weighted by Crippen LogP contribution is 2.28. The molecule has 0 atom stereocenters. The van der Waals surface area contributed by atoms with Gasteiger partial charge in [-0.3, -0.25) is 4.79 Å². The molecule has 2 rings (SSSR count). The van der Waals surface area contributed by atoms with E-state index in [1.165, 1.54) is 6.07 Å². The number of benzene rings is 2. The minimum atomic E-state index is -0.366. The van der Waals surface area contributed by atoms with Crippen LogP contribution in [-0.2, 0) is 0 Å². The van der Waals surface area contributed by atoms with Crippen LogP contribution in [0.5, 0.6) is 0 Å². The van der Waals surface area contributed by atoms with E-state index in [1.807, 2.05) is 25.8 Å². The Bertz CT molecular complexity index is 823. The summed E-state index contributed by atoms with van der Waals surface area (Å²) < 4.78 is 13.9. The van der Waals surface area contributed by atoms with E-state index in [9.17, 15) is 9.18 Å². The predicted octanol–water partition coefficient (Wildman–Crippen LogP) is 4.72. The minimum absolute atomic E-state index is 0.0290. The highest BCUT2D eigenvalue weighted by atomic mass is 35.5. The van der Waals surface area contributed by atoms with Gasteiger partial charge in [-0.25, -0.2) is 9.38 Å². The number of carbonyl (C=O) groups excluding carboxylic acids is 1. The van der Waals surface area contributed by atoms with E-state index in [-0.39, 0.29) is 18.1 Å². The van der Waals surface area contributed by atoms with Crippen molar-refractivity contribution in [2.75, 3.05) is 32.1 Å². The number of hydrogen-bond acceptors (Lipinski definition) is 3.